The standard InChI is InChI=1S/C15H10Cl2N2O3/c16-11-6-7-12(17)13(9-11)18-15(20)8-5-10-3-1-2-4-14(10)19(21)22/h1-9H,(H,18,20). The summed E-state index contributed by atoms with van der Waals surface area (Å²) in [5, 5.41) is 14.2. The highest BCUT2D eigenvalue weighted by Crippen LogP contribution is 2.25. The second kappa shape index (κ2) is 7.06. The molecule has 0 saturated heterocycles. The number of benzene rings is 2. The molecule has 0 unspecified atom stereocenters. The lowest BCUT2D eigenvalue weighted by Gasteiger charge is -2.05. The summed E-state index contributed by atoms with van der Waals surface area (Å²) in [5.74, 6) is -0.470. The normalized spacial score (nSPS) is 10.6. The fourth-order valence-corrected chi connectivity index (χ4v) is 2.06. The molecule has 0 saturated carbocycles. The van der Waals surface area contributed by atoms with E-state index in [0.717, 1.165) is 0 Å². The smallest absolute Gasteiger partial charge is 0.276 e. The summed E-state index contributed by atoms with van der Waals surface area (Å²) in [5.41, 5.74) is 0.624. The van der Waals surface area contributed by atoms with E-state index in [4.69, 9.17) is 23.2 Å². The second-order valence-electron chi connectivity index (χ2n) is 4.26. The minimum Gasteiger partial charge on any atom is -0.321 e. The number of rotatable bonds is 4. The first-order valence-electron chi connectivity index (χ1n) is 6.15. The monoisotopic (exact) mass is 336 g/mol. The van der Waals surface area contributed by atoms with Crippen molar-refractivity contribution >= 4 is 46.6 Å². The van der Waals surface area contributed by atoms with Gasteiger partial charge in [-0.3, -0.25) is 14.9 Å². The van der Waals surface area contributed by atoms with Crippen LogP contribution in [0.25, 0.3) is 6.08 Å². The number of para-hydroxylation sites is 1. The highest BCUT2D eigenvalue weighted by molar-refractivity contribution is 6.35. The van der Waals surface area contributed by atoms with E-state index >= 15 is 0 Å². The molecule has 1 N–H and O–H groups in total. The average Bonchev–Trinajstić information content (AvgIpc) is 2.49. The maximum absolute atomic E-state index is 11.9. The first-order valence-corrected chi connectivity index (χ1v) is 6.90. The Morgan fingerprint density at radius 1 is 1.18 bits per heavy atom. The molecule has 5 nitrogen and oxygen atoms in total. The largest absolute Gasteiger partial charge is 0.321 e. The van der Waals surface area contributed by atoms with Gasteiger partial charge in [0, 0.05) is 17.2 Å². The highest BCUT2D eigenvalue weighted by Gasteiger charge is 2.10. The van der Waals surface area contributed by atoms with Gasteiger partial charge in [0.05, 0.1) is 21.2 Å². The second-order valence-corrected chi connectivity index (χ2v) is 5.11. The number of nitrogens with zero attached hydrogens (tertiary/aromatic N) is 1. The number of amides is 1. The van der Waals surface area contributed by atoms with E-state index in [0.29, 0.717) is 21.3 Å². The molecule has 0 aliphatic rings. The third-order valence-corrected chi connectivity index (χ3v) is 3.30. The summed E-state index contributed by atoms with van der Waals surface area (Å²) < 4.78 is 0. The Balaban J connectivity index is 2.15. The molecule has 0 fully saturated rings. The lowest BCUT2D eigenvalue weighted by atomic mass is 10.1. The van der Waals surface area contributed by atoms with Gasteiger partial charge in [-0.15, -0.1) is 0 Å². The number of nitro benzene ring substituents is 1. The number of nitro groups is 1. The van der Waals surface area contributed by atoms with E-state index in [1.54, 1.807) is 30.3 Å². The third kappa shape index (κ3) is 4.07. The van der Waals surface area contributed by atoms with Gasteiger partial charge in [-0.25, -0.2) is 0 Å². The van der Waals surface area contributed by atoms with Crippen molar-refractivity contribution in [2.75, 3.05) is 5.32 Å². The summed E-state index contributed by atoms with van der Waals surface area (Å²) in [4.78, 5) is 22.2. The predicted molar refractivity (Wildman–Crippen MR) is 87.2 cm³/mol. The summed E-state index contributed by atoms with van der Waals surface area (Å²) in [6, 6.07) is 10.8. The molecule has 0 atom stereocenters. The van der Waals surface area contributed by atoms with Crippen LogP contribution >= 0.6 is 23.2 Å². The first-order chi connectivity index (χ1) is 10.5. The first kappa shape index (κ1) is 16.0. The molecule has 22 heavy (non-hydrogen) atoms. The number of halogens is 2. The third-order valence-electron chi connectivity index (χ3n) is 2.73. The van der Waals surface area contributed by atoms with Crippen molar-refractivity contribution in [3.8, 4) is 0 Å². The van der Waals surface area contributed by atoms with Gasteiger partial charge in [-0.2, -0.15) is 0 Å². The Labute approximate surface area is 136 Å². The van der Waals surface area contributed by atoms with Gasteiger partial charge in [0.2, 0.25) is 5.91 Å². The lowest BCUT2D eigenvalue weighted by molar-refractivity contribution is -0.385. The fraction of sp³-hybridized carbons (Fsp3) is 0. The Kier molecular flexibility index (Phi) is 5.14. The van der Waals surface area contributed by atoms with Gasteiger partial charge in [0.25, 0.3) is 5.69 Å². The minimum absolute atomic E-state index is 0.0765. The highest BCUT2D eigenvalue weighted by atomic mass is 35.5. The van der Waals surface area contributed by atoms with Crippen molar-refractivity contribution in [2.24, 2.45) is 0 Å². The molecular formula is C15H10Cl2N2O3. The zero-order valence-electron chi connectivity index (χ0n) is 11.1. The van der Waals surface area contributed by atoms with Crippen LogP contribution in [0.1, 0.15) is 5.56 Å². The van der Waals surface area contributed by atoms with Crippen LogP contribution in [0, 0.1) is 10.1 Å². The molecule has 0 aliphatic heterocycles. The van der Waals surface area contributed by atoms with Crippen LogP contribution in [0.3, 0.4) is 0 Å². The van der Waals surface area contributed by atoms with Crippen LogP contribution in [0.2, 0.25) is 10.0 Å². The van der Waals surface area contributed by atoms with Gasteiger partial charge in [0.1, 0.15) is 0 Å². The molecule has 0 radical (unpaired) electrons. The van der Waals surface area contributed by atoms with Crippen molar-refractivity contribution in [3.05, 3.63) is 74.3 Å². The number of carbonyl (C=O) groups is 1. The number of carbonyl (C=O) groups excluding carboxylic acids is 1. The molecule has 2 rings (SSSR count). The lowest BCUT2D eigenvalue weighted by Crippen LogP contribution is -2.08. The molecule has 112 valence electrons. The van der Waals surface area contributed by atoms with Gasteiger partial charge >= 0.3 is 0 Å². The van der Waals surface area contributed by atoms with E-state index in [-0.39, 0.29) is 5.69 Å². The molecule has 2 aromatic rings. The summed E-state index contributed by atoms with van der Waals surface area (Å²) in [7, 11) is 0. The Morgan fingerprint density at radius 2 is 1.91 bits per heavy atom. The van der Waals surface area contributed by atoms with E-state index in [2.05, 4.69) is 5.32 Å². The molecule has 0 aromatic heterocycles. The topological polar surface area (TPSA) is 72.2 Å². The summed E-state index contributed by atoms with van der Waals surface area (Å²) in [6.07, 6.45) is 2.56. The minimum atomic E-state index is -0.509. The van der Waals surface area contributed by atoms with Crippen LogP contribution in [0.4, 0.5) is 11.4 Å². The molecule has 0 bridgehead atoms. The van der Waals surface area contributed by atoms with Crippen LogP contribution in [0.15, 0.2) is 48.5 Å². The zero-order chi connectivity index (χ0) is 16.1. The molecule has 7 heteroatoms. The predicted octanol–water partition coefficient (Wildman–Crippen LogP) is 4.55. The number of anilines is 1. The summed E-state index contributed by atoms with van der Waals surface area (Å²) in [6.45, 7) is 0. The van der Waals surface area contributed by atoms with Gasteiger partial charge in [-0.1, -0.05) is 35.3 Å². The van der Waals surface area contributed by atoms with E-state index in [1.807, 2.05) is 0 Å². The van der Waals surface area contributed by atoms with Crippen LogP contribution in [0.5, 0.6) is 0 Å². The van der Waals surface area contributed by atoms with Gasteiger partial charge in [0.15, 0.2) is 0 Å². The van der Waals surface area contributed by atoms with Crippen molar-refractivity contribution in [2.45, 2.75) is 0 Å². The number of hydrogen-bond donors (Lipinski definition) is 1. The van der Waals surface area contributed by atoms with Gasteiger partial charge < -0.3 is 5.32 Å². The molecule has 0 heterocycles. The van der Waals surface area contributed by atoms with Gasteiger partial charge in [-0.05, 0) is 30.3 Å². The van der Waals surface area contributed by atoms with E-state index in [9.17, 15) is 14.9 Å². The fourth-order valence-electron chi connectivity index (χ4n) is 1.73. The van der Waals surface area contributed by atoms with Crippen LogP contribution in [-0.2, 0) is 4.79 Å². The molecule has 0 spiro atoms. The van der Waals surface area contributed by atoms with Crippen molar-refractivity contribution < 1.29 is 9.72 Å². The van der Waals surface area contributed by atoms with Crippen molar-refractivity contribution in [1.29, 1.82) is 0 Å². The van der Waals surface area contributed by atoms with E-state index < -0.39 is 10.8 Å². The molecule has 2 aromatic carbocycles. The number of nitrogens with one attached hydrogen (secondary N) is 1. The van der Waals surface area contributed by atoms with Crippen LogP contribution < -0.4 is 5.32 Å². The van der Waals surface area contributed by atoms with Crippen molar-refractivity contribution in [3.63, 3.8) is 0 Å². The maximum Gasteiger partial charge on any atom is 0.276 e. The summed E-state index contributed by atoms with van der Waals surface area (Å²) >= 11 is 11.8. The number of hydrogen-bond acceptors (Lipinski definition) is 3. The Hall–Kier alpha value is -2.37. The Bertz CT molecular complexity index is 760. The SMILES string of the molecule is O=C(C=Cc1ccccc1[N+](=O)[O-])Nc1cc(Cl)ccc1Cl. The zero-order valence-corrected chi connectivity index (χ0v) is 12.6. The molecule has 1 amide bonds. The maximum atomic E-state index is 11.9. The van der Waals surface area contributed by atoms with E-state index in [1.165, 1.54) is 24.3 Å². The molecule has 0 aliphatic carbocycles. The van der Waals surface area contributed by atoms with Crippen LogP contribution in [-0.4, -0.2) is 10.8 Å². The Morgan fingerprint density at radius 3 is 2.64 bits per heavy atom. The quantitative estimate of drug-likeness (QED) is 0.505. The van der Waals surface area contributed by atoms with Crippen molar-refractivity contribution in [1.82, 2.24) is 0 Å². The molecular weight excluding hydrogens is 327 g/mol. The average molecular weight is 337 g/mol.